The Kier molecular flexibility index (Phi) is 3.89. The predicted octanol–water partition coefficient (Wildman–Crippen LogP) is 3.29. The standard InChI is InChI=1S/C13H10ClF2NO/c14-11-7-17-4-3-8(11)5-13(18)10-2-1-9(15)6-12(10)16/h1-4,6-7,13,18H,5H2. The summed E-state index contributed by atoms with van der Waals surface area (Å²) in [4.78, 5) is 3.82. The average molecular weight is 270 g/mol. The molecule has 0 saturated heterocycles. The van der Waals surface area contributed by atoms with E-state index in [4.69, 9.17) is 11.6 Å². The van der Waals surface area contributed by atoms with Crippen LogP contribution in [-0.2, 0) is 6.42 Å². The molecule has 0 fully saturated rings. The number of halogens is 3. The first-order chi connectivity index (χ1) is 8.58. The van der Waals surface area contributed by atoms with Crippen molar-refractivity contribution in [2.75, 3.05) is 0 Å². The van der Waals surface area contributed by atoms with Gasteiger partial charge in [0.2, 0.25) is 0 Å². The van der Waals surface area contributed by atoms with Gasteiger partial charge in [-0.3, -0.25) is 4.98 Å². The van der Waals surface area contributed by atoms with Crippen molar-refractivity contribution in [3.8, 4) is 0 Å². The Bertz CT molecular complexity index is 562. The maximum absolute atomic E-state index is 13.5. The van der Waals surface area contributed by atoms with Gasteiger partial charge >= 0.3 is 0 Å². The number of aliphatic hydroxyl groups excluding tert-OH is 1. The molecule has 2 aromatic rings. The van der Waals surface area contributed by atoms with Gasteiger partial charge in [-0.2, -0.15) is 0 Å². The Morgan fingerprint density at radius 3 is 2.72 bits per heavy atom. The zero-order chi connectivity index (χ0) is 13.1. The van der Waals surface area contributed by atoms with Gasteiger partial charge < -0.3 is 5.11 Å². The fraction of sp³-hybridized carbons (Fsp3) is 0.154. The van der Waals surface area contributed by atoms with Crippen LogP contribution >= 0.6 is 11.6 Å². The number of hydrogen-bond donors (Lipinski definition) is 1. The number of nitrogens with zero attached hydrogens (tertiary/aromatic N) is 1. The van der Waals surface area contributed by atoms with Gasteiger partial charge in [-0.25, -0.2) is 8.78 Å². The van der Waals surface area contributed by atoms with Crippen LogP contribution in [-0.4, -0.2) is 10.1 Å². The van der Waals surface area contributed by atoms with E-state index < -0.39 is 17.7 Å². The van der Waals surface area contributed by atoms with Crippen molar-refractivity contribution in [3.05, 3.63) is 64.4 Å². The highest BCUT2D eigenvalue weighted by molar-refractivity contribution is 6.31. The minimum Gasteiger partial charge on any atom is -0.388 e. The molecule has 0 aliphatic heterocycles. The molecular formula is C13H10ClF2NO. The van der Waals surface area contributed by atoms with Gasteiger partial charge in [0, 0.05) is 30.4 Å². The number of aliphatic hydroxyl groups is 1. The van der Waals surface area contributed by atoms with Crippen LogP contribution in [0.3, 0.4) is 0 Å². The lowest BCUT2D eigenvalue weighted by atomic mass is 10.0. The largest absolute Gasteiger partial charge is 0.388 e. The average Bonchev–Trinajstić information content (AvgIpc) is 2.32. The van der Waals surface area contributed by atoms with Gasteiger partial charge in [-0.15, -0.1) is 0 Å². The zero-order valence-electron chi connectivity index (χ0n) is 9.28. The molecule has 0 amide bonds. The lowest BCUT2D eigenvalue weighted by Gasteiger charge is -2.12. The Balaban J connectivity index is 2.22. The first-order valence-corrected chi connectivity index (χ1v) is 5.67. The molecule has 1 unspecified atom stereocenters. The van der Waals surface area contributed by atoms with E-state index in [1.165, 1.54) is 18.5 Å². The predicted molar refractivity (Wildman–Crippen MR) is 64.3 cm³/mol. The lowest BCUT2D eigenvalue weighted by molar-refractivity contribution is 0.173. The molecule has 2 rings (SSSR count). The molecular weight excluding hydrogens is 260 g/mol. The van der Waals surface area contributed by atoms with Crippen LogP contribution in [0.15, 0.2) is 36.7 Å². The Labute approximate surface area is 108 Å². The van der Waals surface area contributed by atoms with Crippen molar-refractivity contribution in [1.29, 1.82) is 0 Å². The second kappa shape index (κ2) is 5.42. The third kappa shape index (κ3) is 2.83. The van der Waals surface area contributed by atoms with Crippen LogP contribution in [0.5, 0.6) is 0 Å². The number of rotatable bonds is 3. The van der Waals surface area contributed by atoms with E-state index >= 15 is 0 Å². The van der Waals surface area contributed by atoms with E-state index in [0.29, 0.717) is 10.6 Å². The minimum absolute atomic E-state index is 0.0456. The fourth-order valence-corrected chi connectivity index (χ4v) is 1.86. The first kappa shape index (κ1) is 12.9. The molecule has 1 atom stereocenters. The van der Waals surface area contributed by atoms with Crippen LogP contribution in [0.1, 0.15) is 17.2 Å². The highest BCUT2D eigenvalue weighted by Crippen LogP contribution is 2.24. The number of pyridine rings is 1. The molecule has 94 valence electrons. The topological polar surface area (TPSA) is 33.1 Å². The molecule has 2 nitrogen and oxygen atoms in total. The number of benzene rings is 1. The Morgan fingerprint density at radius 2 is 2.06 bits per heavy atom. The van der Waals surface area contributed by atoms with E-state index in [0.717, 1.165) is 12.1 Å². The SMILES string of the molecule is OC(Cc1ccncc1Cl)c1ccc(F)cc1F. The maximum Gasteiger partial charge on any atom is 0.131 e. The van der Waals surface area contributed by atoms with E-state index in [2.05, 4.69) is 4.98 Å². The molecule has 0 bridgehead atoms. The molecule has 1 N–H and O–H groups in total. The first-order valence-electron chi connectivity index (χ1n) is 5.29. The summed E-state index contributed by atoms with van der Waals surface area (Å²) in [5.74, 6) is -1.45. The van der Waals surface area contributed by atoms with Crippen molar-refractivity contribution >= 4 is 11.6 Å². The molecule has 0 aliphatic rings. The molecule has 5 heteroatoms. The highest BCUT2D eigenvalue weighted by atomic mass is 35.5. The van der Waals surface area contributed by atoms with Crippen LogP contribution in [0.25, 0.3) is 0 Å². The third-order valence-corrected chi connectivity index (χ3v) is 2.93. The minimum atomic E-state index is -1.08. The lowest BCUT2D eigenvalue weighted by Crippen LogP contribution is -2.05. The quantitative estimate of drug-likeness (QED) is 0.927. The normalized spacial score (nSPS) is 12.4. The van der Waals surface area contributed by atoms with Crippen molar-refractivity contribution < 1.29 is 13.9 Å². The van der Waals surface area contributed by atoms with Gasteiger partial charge in [-0.05, 0) is 17.7 Å². The summed E-state index contributed by atoms with van der Waals surface area (Å²) in [6.07, 6.45) is 2.05. The molecule has 0 radical (unpaired) electrons. The summed E-state index contributed by atoms with van der Waals surface area (Å²) >= 11 is 5.89. The molecule has 1 heterocycles. The van der Waals surface area contributed by atoms with Gasteiger partial charge in [0.1, 0.15) is 11.6 Å². The Morgan fingerprint density at radius 1 is 1.28 bits per heavy atom. The second-order valence-electron chi connectivity index (χ2n) is 3.85. The number of aromatic nitrogens is 1. The van der Waals surface area contributed by atoms with Crippen LogP contribution < -0.4 is 0 Å². The van der Waals surface area contributed by atoms with E-state index in [9.17, 15) is 13.9 Å². The zero-order valence-corrected chi connectivity index (χ0v) is 10.0. The third-order valence-electron chi connectivity index (χ3n) is 2.59. The summed E-state index contributed by atoms with van der Waals surface area (Å²) < 4.78 is 26.2. The molecule has 0 aliphatic carbocycles. The fourth-order valence-electron chi connectivity index (χ4n) is 1.66. The second-order valence-corrected chi connectivity index (χ2v) is 4.26. The van der Waals surface area contributed by atoms with Gasteiger partial charge in [0.05, 0.1) is 11.1 Å². The molecule has 0 saturated carbocycles. The maximum atomic E-state index is 13.5. The van der Waals surface area contributed by atoms with Crippen LogP contribution in [0.4, 0.5) is 8.78 Å². The van der Waals surface area contributed by atoms with Gasteiger partial charge in [0.15, 0.2) is 0 Å². The smallest absolute Gasteiger partial charge is 0.131 e. The summed E-state index contributed by atoms with van der Waals surface area (Å²) in [5.41, 5.74) is 0.701. The molecule has 1 aromatic carbocycles. The van der Waals surface area contributed by atoms with Gasteiger partial charge in [0.25, 0.3) is 0 Å². The molecule has 0 spiro atoms. The Hall–Kier alpha value is -1.52. The van der Waals surface area contributed by atoms with E-state index in [1.54, 1.807) is 6.07 Å². The summed E-state index contributed by atoms with van der Waals surface area (Å²) in [6, 6.07) is 4.72. The summed E-state index contributed by atoms with van der Waals surface area (Å²) in [6.45, 7) is 0. The van der Waals surface area contributed by atoms with Gasteiger partial charge in [-0.1, -0.05) is 17.7 Å². The van der Waals surface area contributed by atoms with Crippen molar-refractivity contribution in [1.82, 2.24) is 4.98 Å². The van der Waals surface area contributed by atoms with E-state index in [-0.39, 0.29) is 12.0 Å². The van der Waals surface area contributed by atoms with Crippen molar-refractivity contribution in [2.24, 2.45) is 0 Å². The van der Waals surface area contributed by atoms with Crippen molar-refractivity contribution in [3.63, 3.8) is 0 Å². The molecule has 18 heavy (non-hydrogen) atoms. The van der Waals surface area contributed by atoms with E-state index in [1.807, 2.05) is 0 Å². The van der Waals surface area contributed by atoms with Crippen LogP contribution in [0.2, 0.25) is 5.02 Å². The summed E-state index contributed by atoms with van der Waals surface area (Å²) in [7, 11) is 0. The highest BCUT2D eigenvalue weighted by Gasteiger charge is 2.15. The number of hydrogen-bond acceptors (Lipinski definition) is 2. The molecule has 1 aromatic heterocycles. The summed E-state index contributed by atoms with van der Waals surface area (Å²) in [5, 5.41) is 10.3. The van der Waals surface area contributed by atoms with Crippen LogP contribution in [0, 0.1) is 11.6 Å². The van der Waals surface area contributed by atoms with Crippen molar-refractivity contribution in [2.45, 2.75) is 12.5 Å². The monoisotopic (exact) mass is 269 g/mol.